The molecule has 0 saturated carbocycles. The first-order valence-electron chi connectivity index (χ1n) is 12.3. The molecule has 0 radical (unpaired) electrons. The van der Waals surface area contributed by atoms with Gasteiger partial charge >= 0.3 is 6.01 Å². The minimum absolute atomic E-state index is 0.0494. The van der Waals surface area contributed by atoms with Crippen LogP contribution in [0.2, 0.25) is 10.0 Å². The van der Waals surface area contributed by atoms with Gasteiger partial charge in [0.2, 0.25) is 17.7 Å². The van der Waals surface area contributed by atoms with Crippen LogP contribution in [0.15, 0.2) is 53.1 Å². The lowest BCUT2D eigenvalue weighted by Crippen LogP contribution is -2.45. The molecular formula is C27H22Cl2N8O4. The standard InChI is InChI=1S/C27H22Cl2N8O4/c1-14(22(38)33-25-35-34-15(2)41-25)32-23(39)21-13-31-26-36(20-9-18(28)8-19(29)10-20)24(40)27(3,37(21)26)11-16-4-6-17(12-30)7-5-16/h4-10,13-14H,11H2,1-3H3,(H,32,39)(H,33,35,38)/t14-,27+/m0/s1. The molecule has 2 N–H and O–H groups in total. The van der Waals surface area contributed by atoms with Crippen molar-refractivity contribution in [2.45, 2.75) is 38.8 Å². The van der Waals surface area contributed by atoms with Gasteiger partial charge in [-0.15, -0.1) is 5.10 Å². The van der Waals surface area contributed by atoms with Crippen LogP contribution < -0.4 is 15.5 Å². The number of halogens is 2. The molecule has 41 heavy (non-hydrogen) atoms. The number of nitrogens with zero attached hydrogens (tertiary/aromatic N) is 6. The molecule has 2 aromatic heterocycles. The van der Waals surface area contributed by atoms with Crippen LogP contribution in [0, 0.1) is 18.3 Å². The fourth-order valence-corrected chi connectivity index (χ4v) is 5.14. The van der Waals surface area contributed by atoms with E-state index in [2.05, 4.69) is 31.9 Å². The zero-order valence-corrected chi connectivity index (χ0v) is 23.5. The van der Waals surface area contributed by atoms with Crippen molar-refractivity contribution in [3.8, 4) is 6.07 Å². The summed E-state index contributed by atoms with van der Waals surface area (Å²) in [7, 11) is 0. The largest absolute Gasteiger partial charge is 0.408 e. The molecule has 3 amide bonds. The molecule has 0 spiro atoms. The monoisotopic (exact) mass is 592 g/mol. The molecule has 0 fully saturated rings. The maximum atomic E-state index is 14.1. The van der Waals surface area contributed by atoms with E-state index in [1.54, 1.807) is 50.2 Å². The molecule has 1 aliphatic rings. The number of rotatable bonds is 7. The van der Waals surface area contributed by atoms with E-state index >= 15 is 0 Å². The maximum absolute atomic E-state index is 14.1. The Balaban J connectivity index is 1.51. The molecule has 2 atom stereocenters. The summed E-state index contributed by atoms with van der Waals surface area (Å²) in [5.74, 6) is -1.17. The Morgan fingerprint density at radius 2 is 1.83 bits per heavy atom. The molecule has 1 aliphatic heterocycles. The third kappa shape index (κ3) is 5.25. The molecule has 0 unspecified atom stereocenters. The summed E-state index contributed by atoms with van der Waals surface area (Å²) in [5, 5.41) is 22.2. The molecular weight excluding hydrogens is 571 g/mol. The second-order valence-corrected chi connectivity index (χ2v) is 10.5. The van der Waals surface area contributed by atoms with E-state index in [0.29, 0.717) is 21.3 Å². The van der Waals surface area contributed by atoms with E-state index in [1.165, 1.54) is 28.7 Å². The van der Waals surface area contributed by atoms with E-state index in [-0.39, 0.29) is 35.9 Å². The smallest absolute Gasteiger partial charge is 0.322 e. The van der Waals surface area contributed by atoms with Crippen LogP contribution in [0.5, 0.6) is 0 Å². The summed E-state index contributed by atoms with van der Waals surface area (Å²) in [6.07, 6.45) is 1.50. The Labute approximate surface area is 243 Å². The second-order valence-electron chi connectivity index (χ2n) is 9.62. The number of nitrogens with one attached hydrogen (secondary N) is 2. The summed E-state index contributed by atoms with van der Waals surface area (Å²) in [4.78, 5) is 46.0. The highest BCUT2D eigenvalue weighted by Crippen LogP contribution is 2.43. The van der Waals surface area contributed by atoms with Gasteiger partial charge in [-0.2, -0.15) is 5.26 Å². The van der Waals surface area contributed by atoms with E-state index in [9.17, 15) is 19.6 Å². The minimum atomic E-state index is -1.33. The number of fused-ring (bicyclic) bond motifs is 1. The van der Waals surface area contributed by atoms with Crippen molar-refractivity contribution in [2.75, 3.05) is 10.2 Å². The number of hydrogen-bond donors (Lipinski definition) is 2. The SMILES string of the molecule is Cc1nnc(NC(=O)[C@H](C)NC(=O)c2cnc3n2[C@](C)(Cc2ccc(C#N)cc2)C(=O)N3c2cc(Cl)cc(Cl)c2)o1. The van der Waals surface area contributed by atoms with E-state index in [4.69, 9.17) is 27.6 Å². The van der Waals surface area contributed by atoms with Crippen LogP contribution in [0.1, 0.15) is 41.4 Å². The van der Waals surface area contributed by atoms with Crippen LogP contribution in [-0.4, -0.2) is 43.5 Å². The van der Waals surface area contributed by atoms with Crippen LogP contribution in [0.3, 0.4) is 0 Å². The highest BCUT2D eigenvalue weighted by molar-refractivity contribution is 6.35. The molecule has 0 saturated heterocycles. The average molecular weight is 593 g/mol. The molecule has 5 rings (SSSR count). The summed E-state index contributed by atoms with van der Waals surface area (Å²) in [6, 6.07) is 12.4. The van der Waals surface area contributed by atoms with Crippen molar-refractivity contribution in [3.63, 3.8) is 0 Å². The van der Waals surface area contributed by atoms with Crippen LogP contribution >= 0.6 is 23.2 Å². The number of benzene rings is 2. The number of carbonyl (C=O) groups is 3. The Kier molecular flexibility index (Phi) is 7.25. The predicted octanol–water partition coefficient (Wildman–Crippen LogP) is 4.15. The summed E-state index contributed by atoms with van der Waals surface area (Å²) < 4.78 is 6.69. The first-order valence-corrected chi connectivity index (χ1v) is 13.1. The van der Waals surface area contributed by atoms with Crippen molar-refractivity contribution >= 4 is 58.6 Å². The van der Waals surface area contributed by atoms with Gasteiger partial charge in [-0.1, -0.05) is 40.4 Å². The van der Waals surface area contributed by atoms with Crippen LogP contribution in [0.4, 0.5) is 17.7 Å². The van der Waals surface area contributed by atoms with Gasteiger partial charge in [0.1, 0.15) is 17.3 Å². The zero-order valence-electron chi connectivity index (χ0n) is 22.0. The van der Waals surface area contributed by atoms with Gasteiger partial charge in [-0.3, -0.25) is 24.3 Å². The molecule has 2 aromatic carbocycles. The number of hydrogen-bond acceptors (Lipinski definition) is 8. The number of amides is 3. The van der Waals surface area contributed by atoms with E-state index in [1.807, 2.05) is 0 Å². The Bertz CT molecular complexity index is 1710. The molecule has 0 aliphatic carbocycles. The number of nitriles is 1. The first-order chi connectivity index (χ1) is 19.5. The molecule has 208 valence electrons. The van der Waals surface area contributed by atoms with Crippen molar-refractivity contribution in [3.05, 3.63) is 81.4 Å². The van der Waals surface area contributed by atoms with Gasteiger partial charge in [0.05, 0.1) is 23.5 Å². The van der Waals surface area contributed by atoms with Gasteiger partial charge in [0.15, 0.2) is 0 Å². The summed E-state index contributed by atoms with van der Waals surface area (Å²) >= 11 is 12.5. The minimum Gasteiger partial charge on any atom is -0.408 e. The Hall–Kier alpha value is -4.73. The van der Waals surface area contributed by atoms with E-state index in [0.717, 1.165) is 5.56 Å². The lowest BCUT2D eigenvalue weighted by Gasteiger charge is -2.27. The van der Waals surface area contributed by atoms with Gasteiger partial charge in [0.25, 0.3) is 11.8 Å². The van der Waals surface area contributed by atoms with Crippen molar-refractivity contribution < 1.29 is 18.8 Å². The fraction of sp³-hybridized carbons (Fsp3) is 0.222. The second kappa shape index (κ2) is 10.7. The predicted molar refractivity (Wildman–Crippen MR) is 149 cm³/mol. The zero-order chi connectivity index (χ0) is 29.5. The third-order valence-corrected chi connectivity index (χ3v) is 7.00. The van der Waals surface area contributed by atoms with E-state index < -0.39 is 23.4 Å². The number of aryl methyl sites for hydroxylation is 1. The molecule has 14 heteroatoms. The molecule has 3 heterocycles. The lowest BCUT2D eigenvalue weighted by molar-refractivity contribution is -0.124. The number of imidazole rings is 1. The van der Waals surface area contributed by atoms with Crippen LogP contribution in [0.25, 0.3) is 0 Å². The lowest BCUT2D eigenvalue weighted by atomic mass is 9.91. The molecule has 4 aromatic rings. The average Bonchev–Trinajstić information content (AvgIpc) is 3.59. The Morgan fingerprint density at radius 3 is 2.44 bits per heavy atom. The fourth-order valence-electron chi connectivity index (χ4n) is 4.62. The van der Waals surface area contributed by atoms with Crippen LogP contribution in [-0.2, 0) is 21.5 Å². The van der Waals surface area contributed by atoms with Crippen molar-refractivity contribution in [2.24, 2.45) is 0 Å². The summed E-state index contributed by atoms with van der Waals surface area (Å²) in [6.45, 7) is 4.75. The first kappa shape index (κ1) is 27.8. The molecule has 12 nitrogen and oxygen atoms in total. The Morgan fingerprint density at radius 1 is 1.15 bits per heavy atom. The van der Waals surface area contributed by atoms with Gasteiger partial charge in [0, 0.05) is 23.4 Å². The third-order valence-electron chi connectivity index (χ3n) is 6.57. The van der Waals surface area contributed by atoms with Gasteiger partial charge < -0.3 is 9.73 Å². The van der Waals surface area contributed by atoms with Gasteiger partial charge in [-0.05, 0) is 49.7 Å². The number of carbonyl (C=O) groups excluding carboxylic acids is 3. The molecule has 0 bridgehead atoms. The normalized spacial score (nSPS) is 16.7. The van der Waals surface area contributed by atoms with Gasteiger partial charge in [-0.25, -0.2) is 9.88 Å². The number of anilines is 3. The topological polar surface area (TPSA) is 159 Å². The highest BCUT2D eigenvalue weighted by atomic mass is 35.5. The quantitative estimate of drug-likeness (QED) is 0.323. The highest BCUT2D eigenvalue weighted by Gasteiger charge is 2.51. The number of aromatic nitrogens is 4. The summed E-state index contributed by atoms with van der Waals surface area (Å²) in [5.41, 5.74) is 0.317. The maximum Gasteiger partial charge on any atom is 0.322 e. The van der Waals surface area contributed by atoms with Crippen molar-refractivity contribution in [1.29, 1.82) is 5.26 Å². The van der Waals surface area contributed by atoms with Crippen molar-refractivity contribution in [1.82, 2.24) is 25.1 Å².